The van der Waals surface area contributed by atoms with Crippen molar-refractivity contribution in [1.29, 1.82) is 0 Å². The fraction of sp³-hybridized carbons (Fsp3) is 0.348. The van der Waals surface area contributed by atoms with E-state index in [2.05, 4.69) is 65.3 Å². The van der Waals surface area contributed by atoms with E-state index in [1.165, 1.54) is 22.0 Å². The van der Waals surface area contributed by atoms with Gasteiger partial charge in [-0.1, -0.05) is 35.9 Å². The molecule has 1 aliphatic heterocycles. The molecule has 0 atom stereocenters. The molecule has 0 saturated carbocycles. The standard InChI is InChI=1S/C23H28N4O/c1-17-8-9-21(18(2)14-17)24-23(28)27-12-10-26(11-13-27)16-19-15-25(3)22-7-5-4-6-20(19)22/h4-9,14-15H,10-13,16H2,1-3H3,(H,24,28). The van der Waals surface area contributed by atoms with Gasteiger partial charge in [0, 0.05) is 62.6 Å². The van der Waals surface area contributed by atoms with E-state index in [1.807, 2.05) is 24.0 Å². The lowest BCUT2D eigenvalue weighted by atomic mass is 10.1. The van der Waals surface area contributed by atoms with Crippen LogP contribution >= 0.6 is 0 Å². The summed E-state index contributed by atoms with van der Waals surface area (Å²) in [6.07, 6.45) is 2.23. The molecule has 0 bridgehead atoms. The van der Waals surface area contributed by atoms with Gasteiger partial charge in [-0.15, -0.1) is 0 Å². The summed E-state index contributed by atoms with van der Waals surface area (Å²) in [5, 5.41) is 4.38. The fourth-order valence-corrected chi connectivity index (χ4v) is 4.05. The zero-order valence-electron chi connectivity index (χ0n) is 16.9. The quantitative estimate of drug-likeness (QED) is 0.746. The van der Waals surface area contributed by atoms with E-state index in [4.69, 9.17) is 0 Å². The minimum atomic E-state index is -0.00300. The van der Waals surface area contributed by atoms with Crippen molar-refractivity contribution in [2.45, 2.75) is 20.4 Å². The van der Waals surface area contributed by atoms with Gasteiger partial charge in [0.15, 0.2) is 0 Å². The Bertz CT molecular complexity index is 999. The molecule has 28 heavy (non-hydrogen) atoms. The average Bonchev–Trinajstić information content (AvgIpc) is 3.00. The average molecular weight is 377 g/mol. The second kappa shape index (κ2) is 7.68. The van der Waals surface area contributed by atoms with Crippen LogP contribution in [0.5, 0.6) is 0 Å². The van der Waals surface area contributed by atoms with Crippen LogP contribution in [0.2, 0.25) is 0 Å². The van der Waals surface area contributed by atoms with Crippen LogP contribution in [0.1, 0.15) is 16.7 Å². The summed E-state index contributed by atoms with van der Waals surface area (Å²) in [7, 11) is 2.10. The van der Waals surface area contributed by atoms with Crippen LogP contribution in [-0.4, -0.2) is 46.6 Å². The number of para-hydroxylation sites is 1. The molecular weight excluding hydrogens is 348 g/mol. The van der Waals surface area contributed by atoms with Crippen LogP contribution in [-0.2, 0) is 13.6 Å². The van der Waals surface area contributed by atoms with Gasteiger partial charge >= 0.3 is 6.03 Å². The van der Waals surface area contributed by atoms with Gasteiger partial charge in [-0.05, 0) is 37.1 Å². The predicted octanol–water partition coefficient (Wildman–Crippen LogP) is 4.14. The van der Waals surface area contributed by atoms with Gasteiger partial charge < -0.3 is 14.8 Å². The maximum Gasteiger partial charge on any atom is 0.321 e. The number of carbonyl (C=O) groups is 1. The molecule has 2 amide bonds. The summed E-state index contributed by atoms with van der Waals surface area (Å²) in [5.41, 5.74) is 5.82. The minimum Gasteiger partial charge on any atom is -0.350 e. The number of nitrogens with one attached hydrogen (secondary N) is 1. The molecule has 1 saturated heterocycles. The molecule has 1 N–H and O–H groups in total. The lowest BCUT2D eigenvalue weighted by molar-refractivity contribution is 0.143. The first-order chi connectivity index (χ1) is 13.5. The van der Waals surface area contributed by atoms with Crippen molar-refractivity contribution in [3.05, 3.63) is 65.4 Å². The number of piperazine rings is 1. The Balaban J connectivity index is 1.36. The molecule has 1 aliphatic rings. The molecule has 0 unspecified atom stereocenters. The molecule has 4 rings (SSSR count). The Labute approximate surface area is 166 Å². The van der Waals surface area contributed by atoms with E-state index in [0.717, 1.165) is 44.0 Å². The SMILES string of the molecule is Cc1ccc(NC(=O)N2CCN(Cc3cn(C)c4ccccc34)CC2)c(C)c1. The second-order valence-corrected chi connectivity index (χ2v) is 7.79. The number of hydrogen-bond acceptors (Lipinski definition) is 2. The van der Waals surface area contributed by atoms with Crippen LogP contribution < -0.4 is 5.32 Å². The Morgan fingerprint density at radius 1 is 1.04 bits per heavy atom. The second-order valence-electron chi connectivity index (χ2n) is 7.79. The summed E-state index contributed by atoms with van der Waals surface area (Å²) < 4.78 is 2.19. The smallest absolute Gasteiger partial charge is 0.321 e. The molecule has 0 aliphatic carbocycles. The highest BCUT2D eigenvalue weighted by Crippen LogP contribution is 2.22. The number of aryl methyl sites for hydroxylation is 3. The number of amides is 2. The monoisotopic (exact) mass is 376 g/mol. The molecule has 3 aromatic rings. The van der Waals surface area contributed by atoms with Gasteiger partial charge in [0.2, 0.25) is 0 Å². The zero-order valence-corrected chi connectivity index (χ0v) is 16.9. The van der Waals surface area contributed by atoms with Crippen LogP contribution in [0.15, 0.2) is 48.7 Å². The summed E-state index contributed by atoms with van der Waals surface area (Å²) >= 11 is 0. The number of urea groups is 1. The first-order valence-electron chi connectivity index (χ1n) is 9.90. The maximum atomic E-state index is 12.6. The van der Waals surface area contributed by atoms with E-state index in [1.54, 1.807) is 0 Å². The molecule has 2 heterocycles. The molecule has 5 heteroatoms. The third kappa shape index (κ3) is 3.76. The minimum absolute atomic E-state index is 0.00300. The molecule has 1 fully saturated rings. The van der Waals surface area contributed by atoms with Gasteiger partial charge in [0.25, 0.3) is 0 Å². The van der Waals surface area contributed by atoms with Crippen molar-refractivity contribution in [2.75, 3.05) is 31.5 Å². The summed E-state index contributed by atoms with van der Waals surface area (Å²) in [4.78, 5) is 17.0. The van der Waals surface area contributed by atoms with Gasteiger partial charge in [-0.25, -0.2) is 4.79 Å². The lowest BCUT2D eigenvalue weighted by Crippen LogP contribution is -2.49. The van der Waals surface area contributed by atoms with E-state index in [9.17, 15) is 4.79 Å². The number of anilines is 1. The third-order valence-electron chi connectivity index (χ3n) is 5.66. The number of carbonyl (C=O) groups excluding carboxylic acids is 1. The van der Waals surface area contributed by atoms with Crippen molar-refractivity contribution in [2.24, 2.45) is 7.05 Å². The van der Waals surface area contributed by atoms with E-state index < -0.39 is 0 Å². The zero-order chi connectivity index (χ0) is 19.7. The maximum absolute atomic E-state index is 12.6. The predicted molar refractivity (Wildman–Crippen MR) is 115 cm³/mol. The van der Waals surface area contributed by atoms with Crippen molar-refractivity contribution >= 4 is 22.6 Å². The van der Waals surface area contributed by atoms with Crippen LogP contribution in [0, 0.1) is 13.8 Å². The van der Waals surface area contributed by atoms with E-state index >= 15 is 0 Å². The number of benzene rings is 2. The van der Waals surface area contributed by atoms with Gasteiger partial charge in [-0.2, -0.15) is 0 Å². The molecule has 2 aromatic carbocycles. The van der Waals surface area contributed by atoms with Gasteiger partial charge in [0.05, 0.1) is 0 Å². The molecule has 0 spiro atoms. The molecule has 1 aromatic heterocycles. The highest BCUT2D eigenvalue weighted by molar-refractivity contribution is 5.90. The van der Waals surface area contributed by atoms with Crippen molar-refractivity contribution in [3.63, 3.8) is 0 Å². The van der Waals surface area contributed by atoms with E-state index in [0.29, 0.717) is 0 Å². The molecule has 146 valence electrons. The third-order valence-corrected chi connectivity index (χ3v) is 5.66. The Morgan fingerprint density at radius 3 is 2.54 bits per heavy atom. The Kier molecular flexibility index (Phi) is 5.09. The number of nitrogens with zero attached hydrogens (tertiary/aromatic N) is 3. The van der Waals surface area contributed by atoms with Crippen LogP contribution in [0.25, 0.3) is 10.9 Å². The van der Waals surface area contributed by atoms with Crippen molar-refractivity contribution < 1.29 is 4.79 Å². The topological polar surface area (TPSA) is 40.5 Å². The summed E-state index contributed by atoms with van der Waals surface area (Å²) in [6.45, 7) is 8.31. The lowest BCUT2D eigenvalue weighted by Gasteiger charge is -2.34. The summed E-state index contributed by atoms with van der Waals surface area (Å²) in [6, 6.07) is 14.6. The normalized spacial score (nSPS) is 15.2. The number of aromatic nitrogens is 1. The molecular formula is C23H28N4O. The molecule has 0 radical (unpaired) electrons. The highest BCUT2D eigenvalue weighted by atomic mass is 16.2. The number of fused-ring (bicyclic) bond motifs is 1. The first kappa shape index (κ1) is 18.6. The number of rotatable bonds is 3. The largest absolute Gasteiger partial charge is 0.350 e. The van der Waals surface area contributed by atoms with E-state index in [-0.39, 0.29) is 6.03 Å². The first-order valence-corrected chi connectivity index (χ1v) is 9.90. The van der Waals surface area contributed by atoms with Gasteiger partial charge in [0.1, 0.15) is 0 Å². The highest BCUT2D eigenvalue weighted by Gasteiger charge is 2.22. The summed E-state index contributed by atoms with van der Waals surface area (Å²) in [5.74, 6) is 0. The van der Waals surface area contributed by atoms with Crippen LogP contribution in [0.3, 0.4) is 0 Å². The number of hydrogen-bond donors (Lipinski definition) is 1. The Morgan fingerprint density at radius 2 is 1.79 bits per heavy atom. The Hall–Kier alpha value is -2.79. The van der Waals surface area contributed by atoms with Crippen molar-refractivity contribution in [1.82, 2.24) is 14.4 Å². The van der Waals surface area contributed by atoms with Crippen molar-refractivity contribution in [3.8, 4) is 0 Å². The van der Waals surface area contributed by atoms with Gasteiger partial charge in [-0.3, -0.25) is 4.90 Å². The fourth-order valence-electron chi connectivity index (χ4n) is 4.05. The van der Waals surface area contributed by atoms with Crippen LogP contribution in [0.4, 0.5) is 10.5 Å². The molecule has 5 nitrogen and oxygen atoms in total.